The summed E-state index contributed by atoms with van der Waals surface area (Å²) in [6.45, 7) is 2.31. The van der Waals surface area contributed by atoms with Gasteiger partial charge < -0.3 is 9.84 Å². The summed E-state index contributed by atoms with van der Waals surface area (Å²) in [7, 11) is 0. The highest BCUT2D eigenvalue weighted by Crippen LogP contribution is 2.28. The molecule has 0 bridgehead atoms. The van der Waals surface area contributed by atoms with E-state index in [4.69, 9.17) is 9.84 Å². The lowest BCUT2D eigenvalue weighted by Crippen LogP contribution is -2.17. The van der Waals surface area contributed by atoms with E-state index in [1.165, 1.54) is 11.1 Å². The van der Waals surface area contributed by atoms with Crippen molar-refractivity contribution in [1.29, 1.82) is 0 Å². The zero-order chi connectivity index (χ0) is 11.5. The molecule has 0 saturated heterocycles. The van der Waals surface area contributed by atoms with E-state index in [9.17, 15) is 4.79 Å². The largest absolute Gasteiger partial charge is 0.466 e. The number of aliphatic hydroxyl groups excluding tert-OH is 1. The molecule has 0 saturated carbocycles. The van der Waals surface area contributed by atoms with Crippen molar-refractivity contribution in [2.75, 3.05) is 6.61 Å². The second-order valence-electron chi connectivity index (χ2n) is 4.12. The van der Waals surface area contributed by atoms with Crippen molar-refractivity contribution in [3.05, 3.63) is 34.9 Å². The molecule has 2 rings (SSSR count). The highest BCUT2D eigenvalue weighted by atomic mass is 16.5. The van der Waals surface area contributed by atoms with Crippen LogP contribution in [0.25, 0.3) is 0 Å². The third-order valence-electron chi connectivity index (χ3n) is 3.01. The summed E-state index contributed by atoms with van der Waals surface area (Å²) in [5.41, 5.74) is 3.28. The predicted molar refractivity (Wildman–Crippen MR) is 59.9 cm³/mol. The van der Waals surface area contributed by atoms with E-state index in [-0.39, 0.29) is 18.5 Å². The summed E-state index contributed by atoms with van der Waals surface area (Å²) in [6.07, 6.45) is 1.50. The molecule has 1 atom stereocenters. The van der Waals surface area contributed by atoms with Crippen LogP contribution < -0.4 is 0 Å². The van der Waals surface area contributed by atoms with E-state index in [1.807, 2.05) is 25.1 Å². The molecular weight excluding hydrogens is 204 g/mol. The van der Waals surface area contributed by atoms with Crippen LogP contribution >= 0.6 is 0 Å². The topological polar surface area (TPSA) is 46.5 Å². The molecule has 0 radical (unpaired) electrons. The fourth-order valence-corrected chi connectivity index (χ4v) is 2.20. The van der Waals surface area contributed by atoms with E-state index >= 15 is 0 Å². The second kappa shape index (κ2) is 4.66. The van der Waals surface area contributed by atoms with Gasteiger partial charge in [0.1, 0.15) is 0 Å². The SMILES string of the molecule is CCOC(=O)[C@@H]1Cc2ccc(CO)cc2C1. The molecule has 0 aliphatic heterocycles. The molecule has 3 nitrogen and oxygen atoms in total. The molecule has 0 amide bonds. The maximum atomic E-state index is 11.6. The van der Waals surface area contributed by atoms with E-state index in [1.54, 1.807) is 0 Å². The number of hydrogen-bond acceptors (Lipinski definition) is 3. The lowest BCUT2D eigenvalue weighted by atomic mass is 10.1. The molecule has 0 fully saturated rings. The quantitative estimate of drug-likeness (QED) is 0.784. The normalized spacial score (nSPS) is 18.2. The van der Waals surface area contributed by atoms with Gasteiger partial charge in [-0.15, -0.1) is 0 Å². The Labute approximate surface area is 95.0 Å². The van der Waals surface area contributed by atoms with Crippen molar-refractivity contribution in [2.24, 2.45) is 5.92 Å². The van der Waals surface area contributed by atoms with Crippen LogP contribution in [0, 0.1) is 5.92 Å². The van der Waals surface area contributed by atoms with Crippen molar-refractivity contribution in [2.45, 2.75) is 26.4 Å². The van der Waals surface area contributed by atoms with Crippen LogP contribution in [0.2, 0.25) is 0 Å². The first-order chi connectivity index (χ1) is 7.74. The van der Waals surface area contributed by atoms with Gasteiger partial charge in [0.05, 0.1) is 19.1 Å². The Hall–Kier alpha value is -1.35. The average molecular weight is 220 g/mol. The van der Waals surface area contributed by atoms with Gasteiger partial charge in [-0.2, -0.15) is 0 Å². The van der Waals surface area contributed by atoms with E-state index in [2.05, 4.69) is 0 Å². The van der Waals surface area contributed by atoms with Crippen LogP contribution in [0.5, 0.6) is 0 Å². The molecule has 0 spiro atoms. The maximum absolute atomic E-state index is 11.6. The van der Waals surface area contributed by atoms with Gasteiger partial charge in [0, 0.05) is 0 Å². The average Bonchev–Trinajstić information content (AvgIpc) is 2.71. The van der Waals surface area contributed by atoms with Crippen LogP contribution in [-0.2, 0) is 29.0 Å². The molecule has 0 aromatic heterocycles. The number of aliphatic hydroxyl groups is 1. The highest BCUT2D eigenvalue weighted by molar-refractivity contribution is 5.74. The standard InChI is InChI=1S/C13H16O3/c1-2-16-13(15)12-6-10-4-3-9(8-14)5-11(10)7-12/h3-5,12,14H,2,6-8H2,1H3/t12-/m1/s1. The number of ether oxygens (including phenoxy) is 1. The van der Waals surface area contributed by atoms with Gasteiger partial charge in [0.25, 0.3) is 0 Å². The minimum Gasteiger partial charge on any atom is -0.466 e. The first-order valence-electron chi connectivity index (χ1n) is 5.62. The predicted octanol–water partition coefficient (Wildman–Crippen LogP) is 1.46. The first-order valence-corrected chi connectivity index (χ1v) is 5.62. The number of esters is 1. The van der Waals surface area contributed by atoms with Crippen LogP contribution in [0.3, 0.4) is 0 Å². The number of hydrogen-bond donors (Lipinski definition) is 1. The molecule has 3 heteroatoms. The molecular formula is C13H16O3. The Kier molecular flexibility index (Phi) is 3.25. The molecule has 1 aliphatic rings. The van der Waals surface area contributed by atoms with E-state index in [0.717, 1.165) is 18.4 Å². The summed E-state index contributed by atoms with van der Waals surface area (Å²) >= 11 is 0. The van der Waals surface area contributed by atoms with Gasteiger partial charge in [-0.1, -0.05) is 18.2 Å². The summed E-state index contributed by atoms with van der Waals surface area (Å²) < 4.78 is 5.03. The van der Waals surface area contributed by atoms with Gasteiger partial charge in [-0.05, 0) is 36.5 Å². The lowest BCUT2D eigenvalue weighted by Gasteiger charge is -2.06. The number of rotatable bonds is 3. The van der Waals surface area contributed by atoms with Gasteiger partial charge in [-0.3, -0.25) is 4.79 Å². The van der Waals surface area contributed by atoms with Crippen LogP contribution in [0.15, 0.2) is 18.2 Å². The highest BCUT2D eigenvalue weighted by Gasteiger charge is 2.28. The van der Waals surface area contributed by atoms with Gasteiger partial charge >= 0.3 is 5.97 Å². The fraction of sp³-hybridized carbons (Fsp3) is 0.462. The monoisotopic (exact) mass is 220 g/mol. The van der Waals surface area contributed by atoms with Crippen LogP contribution in [0.1, 0.15) is 23.6 Å². The first kappa shape index (κ1) is 11.1. The third-order valence-corrected chi connectivity index (χ3v) is 3.01. The van der Waals surface area contributed by atoms with E-state index < -0.39 is 0 Å². The smallest absolute Gasteiger partial charge is 0.309 e. The summed E-state index contributed by atoms with van der Waals surface area (Å²) in [5, 5.41) is 9.04. The van der Waals surface area contributed by atoms with Gasteiger partial charge in [0.2, 0.25) is 0 Å². The van der Waals surface area contributed by atoms with Gasteiger partial charge in [-0.25, -0.2) is 0 Å². The maximum Gasteiger partial charge on any atom is 0.309 e. The molecule has 1 N–H and O–H groups in total. The number of fused-ring (bicyclic) bond motifs is 1. The van der Waals surface area contributed by atoms with Crippen molar-refractivity contribution in [3.8, 4) is 0 Å². The molecule has 0 heterocycles. The van der Waals surface area contributed by atoms with Crippen LogP contribution in [0.4, 0.5) is 0 Å². The number of carbonyl (C=O) groups excluding carboxylic acids is 1. The molecule has 1 aromatic carbocycles. The van der Waals surface area contributed by atoms with Gasteiger partial charge in [0.15, 0.2) is 0 Å². The zero-order valence-electron chi connectivity index (χ0n) is 9.40. The lowest BCUT2D eigenvalue weighted by molar-refractivity contribution is -0.147. The molecule has 1 aromatic rings. The Morgan fingerprint density at radius 3 is 2.88 bits per heavy atom. The second-order valence-corrected chi connectivity index (χ2v) is 4.12. The fourth-order valence-electron chi connectivity index (χ4n) is 2.20. The minimum atomic E-state index is -0.107. The molecule has 86 valence electrons. The number of benzene rings is 1. The van der Waals surface area contributed by atoms with Crippen molar-refractivity contribution in [3.63, 3.8) is 0 Å². The number of carbonyl (C=O) groups is 1. The Bertz CT molecular complexity index is 398. The summed E-state index contributed by atoms with van der Waals surface area (Å²) in [6, 6.07) is 5.89. The minimum absolute atomic E-state index is 0.0381. The van der Waals surface area contributed by atoms with Crippen molar-refractivity contribution in [1.82, 2.24) is 0 Å². The third kappa shape index (κ3) is 2.09. The zero-order valence-corrected chi connectivity index (χ0v) is 9.40. The van der Waals surface area contributed by atoms with Crippen molar-refractivity contribution < 1.29 is 14.6 Å². The summed E-state index contributed by atoms with van der Waals surface area (Å²) in [4.78, 5) is 11.6. The molecule has 0 unspecified atom stereocenters. The van der Waals surface area contributed by atoms with Crippen molar-refractivity contribution >= 4 is 5.97 Å². The van der Waals surface area contributed by atoms with Crippen LogP contribution in [-0.4, -0.2) is 17.7 Å². The molecule has 16 heavy (non-hydrogen) atoms. The van der Waals surface area contributed by atoms with E-state index in [0.29, 0.717) is 6.61 Å². The summed E-state index contributed by atoms with van der Waals surface area (Å²) in [5.74, 6) is -0.145. The Morgan fingerprint density at radius 2 is 2.19 bits per heavy atom. The Balaban J connectivity index is 2.11. The Morgan fingerprint density at radius 1 is 1.44 bits per heavy atom. The molecule has 1 aliphatic carbocycles.